The smallest absolute Gasteiger partial charge is 0.251 e. The van der Waals surface area contributed by atoms with E-state index in [0.29, 0.717) is 28.8 Å². The van der Waals surface area contributed by atoms with E-state index < -0.39 is 10.0 Å². The lowest BCUT2D eigenvalue weighted by atomic mass is 9.68. The Morgan fingerprint density at radius 1 is 1.03 bits per heavy atom. The summed E-state index contributed by atoms with van der Waals surface area (Å²) in [6.45, 7) is 11.3. The molecule has 5 atom stereocenters. The van der Waals surface area contributed by atoms with E-state index in [4.69, 9.17) is 0 Å². The lowest BCUT2D eigenvalue weighted by Gasteiger charge is -2.43. The minimum absolute atomic E-state index is 0.0567. The number of carbonyl (C=O) groups is 1. The Kier molecular flexibility index (Phi) is 5.95. The molecule has 5 rings (SSSR count). The van der Waals surface area contributed by atoms with Gasteiger partial charge >= 0.3 is 0 Å². The Labute approximate surface area is 206 Å². The largest absolute Gasteiger partial charge is 0.348 e. The van der Waals surface area contributed by atoms with Gasteiger partial charge in [0.25, 0.3) is 5.91 Å². The van der Waals surface area contributed by atoms with E-state index in [1.807, 2.05) is 19.9 Å². The van der Waals surface area contributed by atoms with Gasteiger partial charge in [0.2, 0.25) is 10.0 Å². The first kappa shape index (κ1) is 24.3. The number of aryl methyl sites for hydroxylation is 1. The molecule has 1 aliphatic heterocycles. The summed E-state index contributed by atoms with van der Waals surface area (Å²) in [7, 11) is -3.66. The van der Waals surface area contributed by atoms with Gasteiger partial charge in [-0.2, -0.15) is 4.31 Å². The van der Waals surface area contributed by atoms with Crippen molar-refractivity contribution in [2.75, 3.05) is 6.54 Å². The van der Waals surface area contributed by atoms with Crippen LogP contribution in [0.1, 0.15) is 100 Å². The molecule has 3 aliphatic carbocycles. The summed E-state index contributed by atoms with van der Waals surface area (Å²) in [5.74, 6) is 0.979. The van der Waals surface area contributed by atoms with E-state index in [-0.39, 0.29) is 28.8 Å². The van der Waals surface area contributed by atoms with Gasteiger partial charge in [0.05, 0.1) is 4.90 Å². The summed E-state index contributed by atoms with van der Waals surface area (Å²) in [5.41, 5.74) is 2.29. The van der Waals surface area contributed by atoms with Crippen LogP contribution < -0.4 is 5.32 Å². The van der Waals surface area contributed by atoms with Crippen molar-refractivity contribution in [2.24, 2.45) is 22.7 Å². The first-order chi connectivity index (χ1) is 15.9. The van der Waals surface area contributed by atoms with Crippen LogP contribution in [0.5, 0.6) is 0 Å². The maximum absolute atomic E-state index is 14.0. The third-order valence-corrected chi connectivity index (χ3v) is 12.3. The number of sulfonamides is 1. The second-order valence-corrected chi connectivity index (χ2v) is 14.5. The molecule has 3 saturated carbocycles. The van der Waals surface area contributed by atoms with Crippen LogP contribution in [0.3, 0.4) is 0 Å². The van der Waals surface area contributed by atoms with E-state index in [2.05, 4.69) is 26.1 Å². The summed E-state index contributed by atoms with van der Waals surface area (Å²) in [6, 6.07) is 3.74. The Bertz CT molecular complexity index is 1090. The molecule has 1 aromatic rings. The van der Waals surface area contributed by atoms with Gasteiger partial charge < -0.3 is 5.32 Å². The number of rotatable bonds is 4. The quantitative estimate of drug-likeness (QED) is 0.603. The summed E-state index contributed by atoms with van der Waals surface area (Å²) >= 11 is 0. The number of carbonyl (C=O) groups excluding carboxylic acids is 1. The fourth-order valence-electron chi connectivity index (χ4n) is 8.11. The number of fused-ring (bicyclic) bond motifs is 3. The predicted molar refractivity (Wildman–Crippen MR) is 135 cm³/mol. The third kappa shape index (κ3) is 3.75. The lowest BCUT2D eigenvalue weighted by molar-refractivity contribution is 0.0737. The molecule has 1 saturated heterocycles. The van der Waals surface area contributed by atoms with Crippen LogP contribution in [-0.2, 0) is 10.0 Å². The van der Waals surface area contributed by atoms with Crippen molar-refractivity contribution in [1.29, 1.82) is 0 Å². The topological polar surface area (TPSA) is 66.5 Å². The molecule has 4 fully saturated rings. The number of hydrogen-bond acceptors (Lipinski definition) is 3. The van der Waals surface area contributed by atoms with Gasteiger partial charge in [0.15, 0.2) is 0 Å². The van der Waals surface area contributed by atoms with Gasteiger partial charge in [0.1, 0.15) is 0 Å². The Morgan fingerprint density at radius 3 is 2.44 bits per heavy atom. The maximum atomic E-state index is 14.0. The van der Waals surface area contributed by atoms with Crippen LogP contribution >= 0.6 is 0 Å². The molecular weight excluding hydrogens is 444 g/mol. The summed E-state index contributed by atoms with van der Waals surface area (Å²) < 4.78 is 29.8. The SMILES string of the molecule is Cc1cc(C(=O)NC2C3(C)CCC(C3)C2(C)C)cc(S(=O)(=O)N2CCCC3CCCCC32)c1C. The average molecular weight is 487 g/mol. The number of nitrogens with one attached hydrogen (secondary N) is 1. The zero-order chi connectivity index (χ0) is 24.5. The maximum Gasteiger partial charge on any atom is 0.251 e. The summed E-state index contributed by atoms with van der Waals surface area (Å²) in [6.07, 6.45) is 10.0. The van der Waals surface area contributed by atoms with Gasteiger partial charge in [-0.05, 0) is 105 Å². The highest BCUT2D eigenvalue weighted by molar-refractivity contribution is 7.89. The van der Waals surface area contributed by atoms with Crippen molar-refractivity contribution in [3.05, 3.63) is 28.8 Å². The summed E-state index contributed by atoms with van der Waals surface area (Å²) in [5, 5.41) is 3.36. The van der Waals surface area contributed by atoms with Crippen molar-refractivity contribution in [1.82, 2.24) is 9.62 Å². The Morgan fingerprint density at radius 2 is 1.74 bits per heavy atom. The van der Waals surface area contributed by atoms with E-state index in [1.54, 1.807) is 10.4 Å². The molecule has 1 aromatic carbocycles. The number of nitrogens with zero attached hydrogens (tertiary/aromatic N) is 1. The molecule has 1 N–H and O–H groups in total. The first-order valence-electron chi connectivity index (χ1n) is 13.4. The third-order valence-electron chi connectivity index (χ3n) is 10.2. The fraction of sp³-hybridized carbons (Fsp3) is 0.750. The zero-order valence-corrected chi connectivity index (χ0v) is 22.4. The van der Waals surface area contributed by atoms with Gasteiger partial charge in [-0.1, -0.05) is 33.6 Å². The van der Waals surface area contributed by atoms with E-state index in [9.17, 15) is 13.2 Å². The molecule has 1 amide bonds. The number of benzene rings is 1. The molecule has 1 heterocycles. The normalized spacial score (nSPS) is 35.2. The van der Waals surface area contributed by atoms with Crippen LogP contribution in [0, 0.1) is 36.5 Å². The van der Waals surface area contributed by atoms with E-state index >= 15 is 0 Å². The molecular formula is C28H42N2O3S. The van der Waals surface area contributed by atoms with Crippen molar-refractivity contribution in [2.45, 2.75) is 109 Å². The van der Waals surface area contributed by atoms with E-state index in [0.717, 1.165) is 56.1 Å². The molecule has 5 nitrogen and oxygen atoms in total. The van der Waals surface area contributed by atoms with E-state index in [1.165, 1.54) is 12.8 Å². The lowest BCUT2D eigenvalue weighted by Crippen LogP contribution is -2.52. The number of hydrogen-bond donors (Lipinski definition) is 1. The first-order valence-corrected chi connectivity index (χ1v) is 14.8. The van der Waals surface area contributed by atoms with Crippen LogP contribution in [0.2, 0.25) is 0 Å². The molecule has 5 unspecified atom stereocenters. The summed E-state index contributed by atoms with van der Waals surface area (Å²) in [4.78, 5) is 13.9. The van der Waals surface area contributed by atoms with Crippen molar-refractivity contribution < 1.29 is 13.2 Å². The van der Waals surface area contributed by atoms with Gasteiger partial charge in [-0.3, -0.25) is 4.79 Å². The molecule has 34 heavy (non-hydrogen) atoms. The zero-order valence-electron chi connectivity index (χ0n) is 21.6. The highest BCUT2D eigenvalue weighted by atomic mass is 32.2. The van der Waals surface area contributed by atoms with Crippen LogP contribution in [0.25, 0.3) is 0 Å². The predicted octanol–water partition coefficient (Wildman–Crippen LogP) is 5.59. The average Bonchev–Trinajstić information content (AvgIpc) is 3.28. The van der Waals surface area contributed by atoms with Gasteiger partial charge in [0, 0.05) is 24.2 Å². The van der Waals surface area contributed by atoms with Crippen LogP contribution in [0.15, 0.2) is 17.0 Å². The molecule has 2 bridgehead atoms. The highest BCUT2D eigenvalue weighted by Gasteiger charge is 2.59. The van der Waals surface area contributed by atoms with Crippen LogP contribution in [-0.4, -0.2) is 37.3 Å². The molecule has 0 aromatic heterocycles. The standard InChI is InChI=1S/C28H42N2O3S/c1-18-15-21(25(31)29-26-27(3,4)22-12-13-28(26,5)17-22)16-24(19(18)2)34(32,33)30-14-8-10-20-9-6-7-11-23(20)30/h15-16,20,22-23,26H,6-14,17H2,1-5H3,(H,29,31). The fourth-order valence-corrected chi connectivity index (χ4v) is 10.2. The monoisotopic (exact) mass is 486 g/mol. The number of amides is 1. The second kappa shape index (κ2) is 8.33. The Hall–Kier alpha value is -1.40. The number of piperidine rings is 1. The van der Waals surface area contributed by atoms with Crippen molar-refractivity contribution >= 4 is 15.9 Å². The van der Waals surface area contributed by atoms with Crippen LogP contribution in [0.4, 0.5) is 0 Å². The van der Waals surface area contributed by atoms with Gasteiger partial charge in [-0.25, -0.2) is 8.42 Å². The minimum Gasteiger partial charge on any atom is -0.348 e. The van der Waals surface area contributed by atoms with Crippen molar-refractivity contribution in [3.8, 4) is 0 Å². The minimum atomic E-state index is -3.66. The molecule has 0 radical (unpaired) electrons. The molecule has 4 aliphatic rings. The molecule has 188 valence electrons. The highest BCUT2D eigenvalue weighted by Crippen LogP contribution is 2.62. The molecule has 0 spiro atoms. The van der Waals surface area contributed by atoms with Gasteiger partial charge in [-0.15, -0.1) is 0 Å². The van der Waals surface area contributed by atoms with Crippen molar-refractivity contribution in [3.63, 3.8) is 0 Å². The Balaban J connectivity index is 1.46. The molecule has 6 heteroatoms. The second-order valence-electron chi connectivity index (χ2n) is 12.6.